The fourth-order valence-electron chi connectivity index (χ4n) is 2.38. The normalized spacial score (nSPS) is 12.3. The lowest BCUT2D eigenvalue weighted by Crippen LogP contribution is -2.28. The van der Waals surface area contributed by atoms with Gasteiger partial charge in [0.25, 0.3) is 5.91 Å². The summed E-state index contributed by atoms with van der Waals surface area (Å²) in [5.41, 5.74) is 1.02. The Labute approximate surface area is 127 Å². The number of aryl methyl sites for hydroxylation is 1. The van der Waals surface area contributed by atoms with Gasteiger partial charge in [0.1, 0.15) is 0 Å². The second-order valence-electron chi connectivity index (χ2n) is 5.07. The van der Waals surface area contributed by atoms with Crippen molar-refractivity contribution in [2.45, 2.75) is 6.10 Å². The topological polar surface area (TPSA) is 80.0 Å². The lowest BCUT2D eigenvalue weighted by atomic mass is 10.0. The highest BCUT2D eigenvalue weighted by Crippen LogP contribution is 2.23. The quantitative estimate of drug-likeness (QED) is 0.763. The van der Waals surface area contributed by atoms with Crippen LogP contribution in [-0.4, -0.2) is 32.6 Å². The van der Waals surface area contributed by atoms with Crippen LogP contribution in [0.4, 0.5) is 0 Å². The number of aromatic nitrogens is 3. The first kappa shape index (κ1) is 14.2. The van der Waals surface area contributed by atoms with Crippen LogP contribution >= 0.6 is 0 Å². The molecule has 0 aliphatic carbocycles. The maximum Gasteiger partial charge on any atom is 0.273 e. The predicted molar refractivity (Wildman–Crippen MR) is 82.2 cm³/mol. The van der Waals surface area contributed by atoms with Gasteiger partial charge in [-0.1, -0.05) is 47.7 Å². The highest BCUT2D eigenvalue weighted by atomic mass is 16.3. The second kappa shape index (κ2) is 5.95. The largest absolute Gasteiger partial charge is 0.387 e. The van der Waals surface area contributed by atoms with Crippen LogP contribution in [0.5, 0.6) is 0 Å². The molecule has 112 valence electrons. The summed E-state index contributed by atoms with van der Waals surface area (Å²) < 4.78 is 1.45. The van der Waals surface area contributed by atoms with E-state index in [0.29, 0.717) is 0 Å². The molecule has 0 saturated carbocycles. The Bertz CT molecular complexity index is 807. The summed E-state index contributed by atoms with van der Waals surface area (Å²) in [7, 11) is 1.69. The standard InChI is InChI=1S/C16H16N4O2/c1-20-10-14(18-19-20)16(22)17-9-15(21)13-8-4-6-11-5-2-3-7-12(11)13/h2-8,10,15,21H,9H2,1H3,(H,17,22)/t15-/m0/s1. The van der Waals surface area contributed by atoms with Crippen LogP contribution in [0.2, 0.25) is 0 Å². The van der Waals surface area contributed by atoms with Crippen molar-refractivity contribution in [3.8, 4) is 0 Å². The fraction of sp³-hybridized carbons (Fsp3) is 0.188. The molecule has 2 N–H and O–H groups in total. The molecule has 1 heterocycles. The number of nitrogens with one attached hydrogen (secondary N) is 1. The van der Waals surface area contributed by atoms with Crippen molar-refractivity contribution in [2.24, 2.45) is 7.05 Å². The van der Waals surface area contributed by atoms with Crippen molar-refractivity contribution in [3.05, 3.63) is 59.9 Å². The van der Waals surface area contributed by atoms with Crippen molar-refractivity contribution < 1.29 is 9.90 Å². The Morgan fingerprint density at radius 2 is 2.05 bits per heavy atom. The Hall–Kier alpha value is -2.73. The molecule has 6 heteroatoms. The van der Waals surface area contributed by atoms with E-state index >= 15 is 0 Å². The van der Waals surface area contributed by atoms with Crippen LogP contribution in [-0.2, 0) is 7.05 Å². The lowest BCUT2D eigenvalue weighted by Gasteiger charge is -2.14. The SMILES string of the molecule is Cn1cc(C(=O)NC[C@H](O)c2cccc3ccccc23)nn1. The van der Waals surface area contributed by atoms with Crippen LogP contribution in [0.3, 0.4) is 0 Å². The summed E-state index contributed by atoms with van der Waals surface area (Å²) in [6, 6.07) is 13.6. The van der Waals surface area contributed by atoms with Crippen molar-refractivity contribution in [3.63, 3.8) is 0 Å². The number of carbonyl (C=O) groups excluding carboxylic acids is 1. The monoisotopic (exact) mass is 296 g/mol. The Kier molecular flexibility index (Phi) is 3.84. The summed E-state index contributed by atoms with van der Waals surface area (Å²) in [6.45, 7) is 0.114. The maximum atomic E-state index is 11.9. The van der Waals surface area contributed by atoms with Gasteiger partial charge >= 0.3 is 0 Å². The molecule has 0 radical (unpaired) electrons. The number of fused-ring (bicyclic) bond motifs is 1. The average molecular weight is 296 g/mol. The van der Waals surface area contributed by atoms with Gasteiger partial charge in [-0.05, 0) is 16.3 Å². The zero-order valence-electron chi connectivity index (χ0n) is 12.1. The van der Waals surface area contributed by atoms with E-state index in [2.05, 4.69) is 15.6 Å². The van der Waals surface area contributed by atoms with Crippen LogP contribution in [0.1, 0.15) is 22.2 Å². The maximum absolute atomic E-state index is 11.9. The predicted octanol–water partition coefficient (Wildman–Crippen LogP) is 1.43. The minimum atomic E-state index is -0.785. The number of amides is 1. The smallest absolute Gasteiger partial charge is 0.273 e. The molecule has 0 bridgehead atoms. The van der Waals surface area contributed by atoms with Crippen molar-refractivity contribution in [1.82, 2.24) is 20.3 Å². The summed E-state index contributed by atoms with van der Waals surface area (Å²) in [5.74, 6) is -0.354. The molecule has 2 aromatic carbocycles. The van der Waals surface area contributed by atoms with E-state index in [4.69, 9.17) is 0 Å². The van der Waals surface area contributed by atoms with Gasteiger partial charge in [0.05, 0.1) is 12.3 Å². The first-order chi connectivity index (χ1) is 10.6. The molecule has 0 unspecified atom stereocenters. The molecule has 0 spiro atoms. The second-order valence-corrected chi connectivity index (χ2v) is 5.07. The van der Waals surface area contributed by atoms with E-state index in [1.165, 1.54) is 10.9 Å². The van der Waals surface area contributed by atoms with E-state index in [9.17, 15) is 9.90 Å². The third-order valence-corrected chi connectivity index (χ3v) is 3.47. The molecule has 6 nitrogen and oxygen atoms in total. The zero-order chi connectivity index (χ0) is 15.5. The van der Waals surface area contributed by atoms with Gasteiger partial charge in [-0.15, -0.1) is 5.10 Å². The number of aliphatic hydroxyl groups excluding tert-OH is 1. The summed E-state index contributed by atoms with van der Waals surface area (Å²) in [5, 5.41) is 22.5. The van der Waals surface area contributed by atoms with E-state index in [1.54, 1.807) is 7.05 Å². The molecule has 3 aromatic rings. The van der Waals surface area contributed by atoms with E-state index < -0.39 is 6.10 Å². The van der Waals surface area contributed by atoms with Crippen molar-refractivity contribution in [1.29, 1.82) is 0 Å². The van der Waals surface area contributed by atoms with Crippen LogP contribution in [0.15, 0.2) is 48.7 Å². The first-order valence-electron chi connectivity index (χ1n) is 6.95. The van der Waals surface area contributed by atoms with E-state index in [1.807, 2.05) is 42.5 Å². The summed E-state index contributed by atoms with van der Waals surface area (Å²) in [4.78, 5) is 11.9. The molecule has 0 saturated heterocycles. The Morgan fingerprint density at radius 1 is 1.27 bits per heavy atom. The van der Waals surface area contributed by atoms with Gasteiger partial charge < -0.3 is 10.4 Å². The van der Waals surface area contributed by atoms with Gasteiger partial charge in [-0.2, -0.15) is 0 Å². The van der Waals surface area contributed by atoms with Gasteiger partial charge in [-0.25, -0.2) is 0 Å². The van der Waals surface area contributed by atoms with Gasteiger partial charge in [0.15, 0.2) is 5.69 Å². The number of hydrogen-bond donors (Lipinski definition) is 2. The molecule has 3 rings (SSSR count). The number of hydrogen-bond acceptors (Lipinski definition) is 4. The van der Waals surface area contributed by atoms with Gasteiger partial charge in [0.2, 0.25) is 0 Å². The number of nitrogens with zero attached hydrogens (tertiary/aromatic N) is 3. The fourth-order valence-corrected chi connectivity index (χ4v) is 2.38. The third kappa shape index (κ3) is 2.82. The summed E-state index contributed by atoms with van der Waals surface area (Å²) in [6.07, 6.45) is 0.742. The van der Waals surface area contributed by atoms with Crippen molar-refractivity contribution >= 4 is 16.7 Å². The molecule has 0 fully saturated rings. The van der Waals surface area contributed by atoms with Gasteiger partial charge in [0, 0.05) is 13.6 Å². The lowest BCUT2D eigenvalue weighted by molar-refractivity contribution is 0.0912. The average Bonchev–Trinajstić information content (AvgIpc) is 2.98. The van der Waals surface area contributed by atoms with Crippen LogP contribution in [0.25, 0.3) is 10.8 Å². The molecule has 1 atom stereocenters. The highest BCUT2D eigenvalue weighted by molar-refractivity contribution is 5.92. The van der Waals surface area contributed by atoms with Crippen LogP contribution in [0, 0.1) is 0 Å². The van der Waals surface area contributed by atoms with Crippen molar-refractivity contribution in [2.75, 3.05) is 6.54 Å². The van der Waals surface area contributed by atoms with E-state index in [-0.39, 0.29) is 18.1 Å². The van der Waals surface area contributed by atoms with Gasteiger partial charge in [-0.3, -0.25) is 9.48 Å². The molecule has 1 aromatic heterocycles. The molecular weight excluding hydrogens is 280 g/mol. The minimum Gasteiger partial charge on any atom is -0.387 e. The minimum absolute atomic E-state index is 0.114. The number of rotatable bonds is 4. The first-order valence-corrected chi connectivity index (χ1v) is 6.95. The number of benzene rings is 2. The summed E-state index contributed by atoms with van der Waals surface area (Å²) >= 11 is 0. The van der Waals surface area contributed by atoms with E-state index in [0.717, 1.165) is 16.3 Å². The zero-order valence-corrected chi connectivity index (χ0v) is 12.1. The third-order valence-electron chi connectivity index (χ3n) is 3.47. The van der Waals surface area contributed by atoms with Crippen LogP contribution < -0.4 is 5.32 Å². The number of aliphatic hydroxyl groups is 1. The highest BCUT2D eigenvalue weighted by Gasteiger charge is 2.14. The Balaban J connectivity index is 1.74. The molecule has 1 amide bonds. The number of carbonyl (C=O) groups is 1. The molecule has 0 aliphatic rings. The molecular formula is C16H16N4O2. The molecule has 0 aliphatic heterocycles. The molecule has 22 heavy (non-hydrogen) atoms. The Morgan fingerprint density at radius 3 is 2.82 bits per heavy atom.